The third-order valence-corrected chi connectivity index (χ3v) is 4.67. The molecule has 0 bridgehead atoms. The quantitative estimate of drug-likeness (QED) is 0.724. The summed E-state index contributed by atoms with van der Waals surface area (Å²) < 4.78 is 1.83. The molecule has 2 aromatic rings. The van der Waals surface area contributed by atoms with E-state index in [2.05, 4.69) is 37.2 Å². The van der Waals surface area contributed by atoms with Gasteiger partial charge in [0.25, 0.3) is 5.91 Å². The van der Waals surface area contributed by atoms with E-state index in [-0.39, 0.29) is 5.91 Å². The number of amides is 1. The molecule has 0 aromatic heterocycles. The lowest BCUT2D eigenvalue weighted by molar-refractivity contribution is 0.102. The summed E-state index contributed by atoms with van der Waals surface area (Å²) in [6.45, 7) is 5.94. The van der Waals surface area contributed by atoms with Gasteiger partial charge in [0.05, 0.1) is 5.69 Å². The molecule has 0 saturated carbocycles. The Morgan fingerprint density at radius 1 is 1.05 bits per heavy atom. The van der Waals surface area contributed by atoms with Crippen molar-refractivity contribution in [1.82, 2.24) is 0 Å². The van der Waals surface area contributed by atoms with Crippen LogP contribution in [0.5, 0.6) is 0 Å². The van der Waals surface area contributed by atoms with Crippen LogP contribution in [0.2, 0.25) is 0 Å². The van der Waals surface area contributed by atoms with E-state index in [9.17, 15) is 4.79 Å². The Bertz CT molecular complexity index is 657. The lowest BCUT2D eigenvalue weighted by Gasteiger charge is -2.13. The topological polar surface area (TPSA) is 29.1 Å². The molecule has 1 N–H and O–H groups in total. The van der Waals surface area contributed by atoms with Crippen LogP contribution in [0.25, 0.3) is 0 Å². The fourth-order valence-electron chi connectivity index (χ4n) is 2.11. The van der Waals surface area contributed by atoms with Gasteiger partial charge in [0.1, 0.15) is 0 Å². The van der Waals surface area contributed by atoms with Gasteiger partial charge < -0.3 is 5.32 Å². The van der Waals surface area contributed by atoms with Crippen LogP contribution in [-0.2, 0) is 0 Å². The number of hydrogen-bond acceptors (Lipinski definition) is 1. The number of carbonyl (C=O) groups is 1. The largest absolute Gasteiger partial charge is 0.321 e. The molecule has 0 unspecified atom stereocenters. The fourth-order valence-corrected chi connectivity index (χ4v) is 3.25. The van der Waals surface area contributed by atoms with Crippen molar-refractivity contribution in [3.63, 3.8) is 0 Å². The molecule has 0 heterocycles. The van der Waals surface area contributed by atoms with E-state index in [1.54, 1.807) is 0 Å². The Labute approximate surface area is 135 Å². The first-order chi connectivity index (χ1) is 9.40. The number of rotatable bonds is 2. The van der Waals surface area contributed by atoms with Crippen molar-refractivity contribution in [3.8, 4) is 0 Å². The SMILES string of the molecule is Cc1cc(C)c(NC(=O)c2cccc(Br)c2C)c(Br)c1. The first-order valence-corrected chi connectivity index (χ1v) is 7.82. The van der Waals surface area contributed by atoms with Crippen molar-refractivity contribution >= 4 is 43.5 Å². The Hall–Kier alpha value is -1.13. The van der Waals surface area contributed by atoms with E-state index in [0.717, 1.165) is 31.3 Å². The van der Waals surface area contributed by atoms with Gasteiger partial charge in [0.2, 0.25) is 0 Å². The lowest BCUT2D eigenvalue weighted by atomic mass is 10.1. The highest BCUT2D eigenvalue weighted by atomic mass is 79.9. The summed E-state index contributed by atoms with van der Waals surface area (Å²) in [6.07, 6.45) is 0. The highest BCUT2D eigenvalue weighted by Gasteiger charge is 2.14. The monoisotopic (exact) mass is 395 g/mol. The number of aryl methyl sites for hydroxylation is 2. The van der Waals surface area contributed by atoms with E-state index < -0.39 is 0 Å². The van der Waals surface area contributed by atoms with E-state index in [0.29, 0.717) is 5.56 Å². The third-order valence-electron chi connectivity index (χ3n) is 3.18. The van der Waals surface area contributed by atoms with E-state index in [1.165, 1.54) is 0 Å². The van der Waals surface area contributed by atoms with Gasteiger partial charge in [0, 0.05) is 14.5 Å². The Kier molecular flexibility index (Phi) is 4.66. The number of anilines is 1. The molecule has 1 amide bonds. The Balaban J connectivity index is 2.36. The van der Waals surface area contributed by atoms with Crippen LogP contribution in [0, 0.1) is 20.8 Å². The van der Waals surface area contributed by atoms with Crippen LogP contribution in [0.3, 0.4) is 0 Å². The maximum Gasteiger partial charge on any atom is 0.256 e. The van der Waals surface area contributed by atoms with Crippen molar-refractivity contribution < 1.29 is 4.79 Å². The number of hydrogen-bond donors (Lipinski definition) is 1. The summed E-state index contributed by atoms with van der Waals surface area (Å²) in [5, 5.41) is 2.98. The smallest absolute Gasteiger partial charge is 0.256 e. The maximum absolute atomic E-state index is 12.4. The fraction of sp³-hybridized carbons (Fsp3) is 0.188. The second-order valence-electron chi connectivity index (χ2n) is 4.81. The van der Waals surface area contributed by atoms with Crippen molar-refractivity contribution in [2.45, 2.75) is 20.8 Å². The molecule has 0 aliphatic rings. The summed E-state index contributed by atoms with van der Waals surface area (Å²) in [5.41, 5.74) is 4.63. The van der Waals surface area contributed by atoms with Crippen molar-refractivity contribution in [2.24, 2.45) is 0 Å². The molecule has 4 heteroatoms. The molecule has 0 radical (unpaired) electrons. The normalized spacial score (nSPS) is 10.4. The maximum atomic E-state index is 12.4. The van der Waals surface area contributed by atoms with Crippen molar-refractivity contribution in [2.75, 3.05) is 5.32 Å². The molecule has 0 fully saturated rings. The predicted molar refractivity (Wildman–Crippen MR) is 90.4 cm³/mol. The van der Waals surface area contributed by atoms with Crippen LogP contribution in [-0.4, -0.2) is 5.91 Å². The summed E-state index contributed by atoms with van der Waals surface area (Å²) in [5.74, 6) is -0.101. The molecule has 0 atom stereocenters. The van der Waals surface area contributed by atoms with Crippen LogP contribution >= 0.6 is 31.9 Å². The second kappa shape index (κ2) is 6.10. The summed E-state index contributed by atoms with van der Waals surface area (Å²) >= 11 is 6.96. The molecule has 2 nitrogen and oxygen atoms in total. The summed E-state index contributed by atoms with van der Waals surface area (Å²) in [7, 11) is 0. The first kappa shape index (κ1) is 15.3. The summed E-state index contributed by atoms with van der Waals surface area (Å²) in [6, 6.07) is 9.67. The molecular formula is C16H15Br2NO. The molecule has 2 rings (SSSR count). The number of nitrogens with one attached hydrogen (secondary N) is 1. The standard InChI is InChI=1S/C16H15Br2NO/c1-9-7-10(2)15(14(18)8-9)19-16(20)12-5-4-6-13(17)11(12)3/h4-8H,1-3H3,(H,19,20). The van der Waals surface area contributed by atoms with Crippen LogP contribution in [0.1, 0.15) is 27.0 Å². The van der Waals surface area contributed by atoms with Crippen molar-refractivity contribution in [3.05, 3.63) is 61.5 Å². The highest BCUT2D eigenvalue weighted by molar-refractivity contribution is 9.10. The van der Waals surface area contributed by atoms with Gasteiger partial charge in [-0.3, -0.25) is 4.79 Å². The molecule has 2 aromatic carbocycles. The van der Waals surface area contributed by atoms with E-state index in [1.807, 2.05) is 51.1 Å². The predicted octanol–water partition coefficient (Wildman–Crippen LogP) is 5.39. The minimum Gasteiger partial charge on any atom is -0.321 e. The second-order valence-corrected chi connectivity index (χ2v) is 6.51. The zero-order chi connectivity index (χ0) is 14.9. The van der Waals surface area contributed by atoms with Crippen molar-refractivity contribution in [1.29, 1.82) is 0 Å². The molecule has 0 aliphatic heterocycles. The third kappa shape index (κ3) is 3.13. The zero-order valence-corrected chi connectivity index (χ0v) is 14.7. The first-order valence-electron chi connectivity index (χ1n) is 6.23. The summed E-state index contributed by atoms with van der Waals surface area (Å²) in [4.78, 5) is 12.4. The minimum absolute atomic E-state index is 0.101. The molecule has 20 heavy (non-hydrogen) atoms. The molecular weight excluding hydrogens is 382 g/mol. The van der Waals surface area contributed by atoms with Gasteiger partial charge in [-0.2, -0.15) is 0 Å². The molecule has 0 spiro atoms. The number of benzene rings is 2. The van der Waals surface area contributed by atoms with E-state index in [4.69, 9.17) is 0 Å². The Morgan fingerprint density at radius 3 is 2.40 bits per heavy atom. The Morgan fingerprint density at radius 2 is 1.75 bits per heavy atom. The van der Waals surface area contributed by atoms with Gasteiger partial charge in [-0.25, -0.2) is 0 Å². The highest BCUT2D eigenvalue weighted by Crippen LogP contribution is 2.29. The van der Waals surface area contributed by atoms with Gasteiger partial charge >= 0.3 is 0 Å². The average Bonchev–Trinajstić information content (AvgIpc) is 2.36. The van der Waals surface area contributed by atoms with Crippen LogP contribution in [0.4, 0.5) is 5.69 Å². The van der Waals surface area contributed by atoms with Gasteiger partial charge in [-0.1, -0.05) is 28.1 Å². The molecule has 0 saturated heterocycles. The minimum atomic E-state index is -0.101. The number of carbonyl (C=O) groups excluding carboxylic acids is 1. The van der Waals surface area contributed by atoms with Gasteiger partial charge in [-0.15, -0.1) is 0 Å². The molecule has 104 valence electrons. The van der Waals surface area contributed by atoms with Crippen LogP contribution in [0.15, 0.2) is 39.3 Å². The average molecular weight is 397 g/mol. The number of halogens is 2. The van der Waals surface area contributed by atoms with Gasteiger partial charge in [0.15, 0.2) is 0 Å². The molecule has 0 aliphatic carbocycles. The lowest BCUT2D eigenvalue weighted by Crippen LogP contribution is -2.14. The van der Waals surface area contributed by atoms with E-state index >= 15 is 0 Å². The van der Waals surface area contributed by atoms with Gasteiger partial charge in [-0.05, 0) is 71.6 Å². The zero-order valence-electron chi connectivity index (χ0n) is 11.6. The van der Waals surface area contributed by atoms with Crippen LogP contribution < -0.4 is 5.32 Å².